The fourth-order valence-electron chi connectivity index (χ4n) is 3.09. The molecular formula is C19H20N2O3S. The molecule has 0 spiro atoms. The summed E-state index contributed by atoms with van der Waals surface area (Å²) in [5, 5.41) is 10.8. The molecule has 0 radical (unpaired) electrons. The molecule has 0 aliphatic carbocycles. The van der Waals surface area contributed by atoms with Gasteiger partial charge in [0.15, 0.2) is 0 Å². The number of benzene rings is 1. The summed E-state index contributed by atoms with van der Waals surface area (Å²) in [4.78, 5) is 25.1. The van der Waals surface area contributed by atoms with Crippen LogP contribution >= 0.6 is 11.3 Å². The molecule has 25 heavy (non-hydrogen) atoms. The van der Waals surface area contributed by atoms with Crippen LogP contribution in [0.3, 0.4) is 0 Å². The van der Waals surface area contributed by atoms with Gasteiger partial charge in [-0.3, -0.25) is 14.9 Å². The first-order valence-corrected chi connectivity index (χ1v) is 9.18. The Bertz CT molecular complexity index is 762. The first kappa shape index (κ1) is 17.4. The lowest BCUT2D eigenvalue weighted by molar-refractivity contribution is -0.380. The molecule has 2 heterocycles. The van der Waals surface area contributed by atoms with E-state index in [0.717, 1.165) is 48.6 Å². The number of amides is 1. The fourth-order valence-corrected chi connectivity index (χ4v) is 3.82. The van der Waals surface area contributed by atoms with Crippen LogP contribution in [0.15, 0.2) is 48.5 Å². The molecule has 0 unspecified atom stereocenters. The van der Waals surface area contributed by atoms with Crippen molar-refractivity contribution < 1.29 is 9.72 Å². The summed E-state index contributed by atoms with van der Waals surface area (Å²) >= 11 is 1.07. The Balaban J connectivity index is 1.49. The van der Waals surface area contributed by atoms with Crippen LogP contribution < -0.4 is 0 Å². The van der Waals surface area contributed by atoms with Crippen molar-refractivity contribution in [2.45, 2.75) is 19.3 Å². The number of nitro groups is 1. The second-order valence-electron chi connectivity index (χ2n) is 6.22. The third-order valence-electron chi connectivity index (χ3n) is 4.48. The summed E-state index contributed by atoms with van der Waals surface area (Å²) in [6.07, 6.45) is 6.28. The number of piperidine rings is 1. The smallest absolute Gasteiger partial charge is 0.324 e. The average molecular weight is 356 g/mol. The van der Waals surface area contributed by atoms with Gasteiger partial charge in [0, 0.05) is 30.1 Å². The molecule has 0 saturated carbocycles. The number of thiophene rings is 1. The molecule has 1 saturated heterocycles. The first-order chi connectivity index (χ1) is 12.1. The van der Waals surface area contributed by atoms with Gasteiger partial charge in [0.2, 0.25) is 5.91 Å². The van der Waals surface area contributed by atoms with Gasteiger partial charge in [0.1, 0.15) is 0 Å². The normalized spacial score (nSPS) is 15.6. The zero-order valence-corrected chi connectivity index (χ0v) is 14.7. The van der Waals surface area contributed by atoms with Gasteiger partial charge in [0.05, 0.1) is 4.92 Å². The Kier molecular flexibility index (Phi) is 5.60. The fraction of sp³-hybridized carbons (Fsp3) is 0.316. The standard InChI is InChI=1S/C19H20N2O3S/c22-18(8-6-17-7-9-19(25-17)21(23)24)20-12-10-16(11-13-20)14-15-4-2-1-3-5-15/h1-9,16H,10-14H2/b8-6+. The maximum Gasteiger partial charge on any atom is 0.324 e. The summed E-state index contributed by atoms with van der Waals surface area (Å²) in [7, 11) is 0. The Morgan fingerprint density at radius 2 is 1.92 bits per heavy atom. The molecule has 1 fully saturated rings. The summed E-state index contributed by atoms with van der Waals surface area (Å²) in [6.45, 7) is 1.54. The SMILES string of the molecule is O=C(/C=C/c1ccc([N+](=O)[O-])s1)N1CCC(Cc2ccccc2)CC1. The van der Waals surface area contributed by atoms with Crippen LogP contribution in [0.4, 0.5) is 5.00 Å². The van der Waals surface area contributed by atoms with Gasteiger partial charge in [-0.15, -0.1) is 0 Å². The summed E-state index contributed by atoms with van der Waals surface area (Å²) < 4.78 is 0. The van der Waals surface area contributed by atoms with Crippen LogP contribution in [0.2, 0.25) is 0 Å². The van der Waals surface area contributed by atoms with Gasteiger partial charge in [-0.05, 0) is 42.9 Å². The zero-order valence-electron chi connectivity index (χ0n) is 13.8. The van der Waals surface area contributed by atoms with Crippen LogP contribution in [-0.4, -0.2) is 28.8 Å². The molecule has 6 heteroatoms. The summed E-state index contributed by atoms with van der Waals surface area (Å²) in [5.74, 6) is 0.601. The van der Waals surface area contributed by atoms with Crippen molar-refractivity contribution in [3.63, 3.8) is 0 Å². The lowest BCUT2D eigenvalue weighted by Gasteiger charge is -2.31. The van der Waals surface area contributed by atoms with Crippen LogP contribution in [0.1, 0.15) is 23.3 Å². The molecule has 2 aromatic rings. The highest BCUT2D eigenvalue weighted by atomic mass is 32.1. The van der Waals surface area contributed by atoms with Gasteiger partial charge in [-0.1, -0.05) is 41.7 Å². The lowest BCUT2D eigenvalue weighted by atomic mass is 9.90. The number of hydrogen-bond donors (Lipinski definition) is 0. The Morgan fingerprint density at radius 3 is 2.56 bits per heavy atom. The third kappa shape index (κ3) is 4.76. The molecule has 1 aliphatic rings. The number of hydrogen-bond acceptors (Lipinski definition) is 4. The van der Waals surface area contributed by atoms with Crippen LogP contribution in [0.25, 0.3) is 6.08 Å². The van der Waals surface area contributed by atoms with Crippen molar-refractivity contribution in [1.29, 1.82) is 0 Å². The highest BCUT2D eigenvalue weighted by Gasteiger charge is 2.21. The highest BCUT2D eigenvalue weighted by molar-refractivity contribution is 7.16. The topological polar surface area (TPSA) is 63.4 Å². The molecule has 1 amide bonds. The minimum Gasteiger partial charge on any atom is -0.339 e. The molecule has 0 N–H and O–H groups in total. The average Bonchev–Trinajstić information content (AvgIpc) is 3.11. The van der Waals surface area contributed by atoms with Gasteiger partial charge in [-0.25, -0.2) is 0 Å². The van der Waals surface area contributed by atoms with E-state index >= 15 is 0 Å². The largest absolute Gasteiger partial charge is 0.339 e. The van der Waals surface area contributed by atoms with E-state index in [1.165, 1.54) is 17.7 Å². The molecule has 1 aliphatic heterocycles. The van der Waals surface area contributed by atoms with Gasteiger partial charge >= 0.3 is 5.00 Å². The monoisotopic (exact) mass is 356 g/mol. The van der Waals surface area contributed by atoms with E-state index in [1.807, 2.05) is 11.0 Å². The molecule has 130 valence electrons. The van der Waals surface area contributed by atoms with E-state index in [0.29, 0.717) is 5.92 Å². The number of rotatable bonds is 5. The van der Waals surface area contributed by atoms with Gasteiger partial charge < -0.3 is 4.90 Å². The van der Waals surface area contributed by atoms with Crippen molar-refractivity contribution in [3.05, 3.63) is 69.1 Å². The van der Waals surface area contributed by atoms with E-state index in [-0.39, 0.29) is 10.9 Å². The van der Waals surface area contributed by atoms with Crippen molar-refractivity contribution in [3.8, 4) is 0 Å². The minimum absolute atomic E-state index is 0.0192. The van der Waals surface area contributed by atoms with Crippen LogP contribution in [0, 0.1) is 16.0 Å². The molecule has 3 rings (SSSR count). The number of nitrogens with zero attached hydrogens (tertiary/aromatic N) is 2. The van der Waals surface area contributed by atoms with Crippen molar-refractivity contribution in [2.24, 2.45) is 5.92 Å². The Labute approximate surface area is 150 Å². The second kappa shape index (κ2) is 8.07. The number of carbonyl (C=O) groups is 1. The van der Waals surface area contributed by atoms with Crippen LogP contribution in [-0.2, 0) is 11.2 Å². The molecule has 1 aromatic heterocycles. The van der Waals surface area contributed by atoms with E-state index in [2.05, 4.69) is 24.3 Å². The Hall–Kier alpha value is -2.47. The Morgan fingerprint density at radius 1 is 1.20 bits per heavy atom. The molecule has 0 bridgehead atoms. The van der Waals surface area contributed by atoms with Crippen LogP contribution in [0.5, 0.6) is 0 Å². The summed E-state index contributed by atoms with van der Waals surface area (Å²) in [6, 6.07) is 13.6. The third-order valence-corrected chi connectivity index (χ3v) is 5.48. The minimum atomic E-state index is -0.415. The van der Waals surface area contributed by atoms with Crippen molar-refractivity contribution in [1.82, 2.24) is 4.90 Å². The molecule has 1 aromatic carbocycles. The lowest BCUT2D eigenvalue weighted by Crippen LogP contribution is -2.37. The van der Waals surface area contributed by atoms with E-state index < -0.39 is 4.92 Å². The predicted octanol–water partition coefficient (Wildman–Crippen LogP) is 4.15. The van der Waals surface area contributed by atoms with E-state index in [9.17, 15) is 14.9 Å². The quantitative estimate of drug-likeness (QED) is 0.459. The number of likely N-dealkylation sites (tertiary alicyclic amines) is 1. The zero-order chi connectivity index (χ0) is 17.6. The maximum absolute atomic E-state index is 12.3. The number of carbonyl (C=O) groups excluding carboxylic acids is 1. The second-order valence-corrected chi connectivity index (χ2v) is 7.32. The van der Waals surface area contributed by atoms with Gasteiger partial charge in [0.25, 0.3) is 0 Å². The predicted molar refractivity (Wildman–Crippen MR) is 99.5 cm³/mol. The van der Waals surface area contributed by atoms with Crippen molar-refractivity contribution >= 4 is 28.3 Å². The molecule has 0 atom stereocenters. The van der Waals surface area contributed by atoms with Crippen molar-refractivity contribution in [2.75, 3.05) is 13.1 Å². The van der Waals surface area contributed by atoms with Gasteiger partial charge in [-0.2, -0.15) is 0 Å². The maximum atomic E-state index is 12.3. The molecule has 5 nitrogen and oxygen atoms in total. The molecular weight excluding hydrogens is 336 g/mol. The highest BCUT2D eigenvalue weighted by Crippen LogP contribution is 2.25. The van der Waals surface area contributed by atoms with E-state index in [4.69, 9.17) is 0 Å². The first-order valence-electron chi connectivity index (χ1n) is 8.37. The van der Waals surface area contributed by atoms with E-state index in [1.54, 1.807) is 12.1 Å². The summed E-state index contributed by atoms with van der Waals surface area (Å²) in [5.41, 5.74) is 1.35.